The maximum absolute atomic E-state index is 12.4. The van der Waals surface area contributed by atoms with Crippen LogP contribution in [-0.4, -0.2) is 34.3 Å². The summed E-state index contributed by atoms with van der Waals surface area (Å²) in [7, 11) is 0. The number of rotatable bonds is 4. The lowest BCUT2D eigenvalue weighted by Crippen LogP contribution is -2.51. The third kappa shape index (κ3) is 2.12. The molecule has 4 N–H and O–H groups in total. The molecular formula is C6H11F2NO3. The first-order chi connectivity index (χ1) is 5.34. The summed E-state index contributed by atoms with van der Waals surface area (Å²) in [6, 6.07) is -1.23. The molecule has 0 fully saturated rings. The predicted molar refractivity (Wildman–Crippen MR) is 36.9 cm³/mol. The predicted octanol–water partition coefficient (Wildman–Crippen LogP) is -0.195. The van der Waals surface area contributed by atoms with E-state index < -0.39 is 24.0 Å². The van der Waals surface area contributed by atoms with Crippen molar-refractivity contribution < 1.29 is 23.8 Å². The van der Waals surface area contributed by atoms with E-state index in [2.05, 4.69) is 0 Å². The lowest BCUT2D eigenvalue weighted by Gasteiger charge is -2.22. The quantitative estimate of drug-likeness (QED) is 0.563. The molecule has 1 unspecified atom stereocenters. The molecule has 0 aliphatic heterocycles. The van der Waals surface area contributed by atoms with Gasteiger partial charge in [-0.2, -0.15) is 8.78 Å². The number of aliphatic hydroxyl groups excluding tert-OH is 1. The number of aliphatic hydroxyl groups is 1. The Morgan fingerprint density at radius 3 is 2.33 bits per heavy atom. The number of halogens is 2. The van der Waals surface area contributed by atoms with E-state index in [1.165, 1.54) is 6.92 Å². The average molecular weight is 183 g/mol. The van der Waals surface area contributed by atoms with Crippen LogP contribution >= 0.6 is 0 Å². The number of carboxylic acid groups (broad SMARTS) is 1. The zero-order chi connectivity index (χ0) is 9.94. The minimum atomic E-state index is -4.17. The standard InChI is InChI=1S/C6H11F2NO3/c1-2-3(9)4(10)6(7,8)5(11)12/h3-4,10H,2,9H2,1H3,(H,11,12)/t3?,4-/m0/s1. The van der Waals surface area contributed by atoms with E-state index in [9.17, 15) is 13.6 Å². The maximum Gasteiger partial charge on any atom is 0.377 e. The summed E-state index contributed by atoms with van der Waals surface area (Å²) < 4.78 is 24.9. The van der Waals surface area contributed by atoms with Crippen molar-refractivity contribution >= 4 is 5.97 Å². The highest BCUT2D eigenvalue weighted by Gasteiger charge is 2.49. The molecular weight excluding hydrogens is 172 g/mol. The highest BCUT2D eigenvalue weighted by Crippen LogP contribution is 2.21. The van der Waals surface area contributed by atoms with Crippen molar-refractivity contribution in [1.82, 2.24) is 0 Å². The molecule has 72 valence electrons. The molecule has 0 aromatic carbocycles. The van der Waals surface area contributed by atoms with E-state index in [1.807, 2.05) is 0 Å². The van der Waals surface area contributed by atoms with Gasteiger partial charge in [0.05, 0.1) is 0 Å². The third-order valence-corrected chi connectivity index (χ3v) is 1.53. The molecule has 2 atom stereocenters. The number of aliphatic carboxylic acids is 1. The number of alkyl halides is 2. The molecule has 0 heterocycles. The Kier molecular flexibility index (Phi) is 3.54. The molecule has 0 aromatic heterocycles. The summed E-state index contributed by atoms with van der Waals surface area (Å²) in [5, 5.41) is 16.8. The summed E-state index contributed by atoms with van der Waals surface area (Å²) in [5.74, 6) is -6.53. The Labute approximate surface area is 68.0 Å². The van der Waals surface area contributed by atoms with Crippen molar-refractivity contribution in [2.24, 2.45) is 5.73 Å². The molecule has 0 amide bonds. The van der Waals surface area contributed by atoms with Crippen LogP contribution in [0, 0.1) is 0 Å². The molecule has 6 heteroatoms. The number of nitrogens with two attached hydrogens (primary N) is 1. The van der Waals surface area contributed by atoms with Crippen LogP contribution in [0.3, 0.4) is 0 Å². The van der Waals surface area contributed by atoms with Crippen molar-refractivity contribution in [2.45, 2.75) is 31.4 Å². The molecule has 12 heavy (non-hydrogen) atoms. The Hall–Kier alpha value is -0.750. The van der Waals surface area contributed by atoms with Crippen molar-refractivity contribution in [3.8, 4) is 0 Å². The van der Waals surface area contributed by atoms with Gasteiger partial charge in [0, 0.05) is 6.04 Å². The smallest absolute Gasteiger partial charge is 0.377 e. The number of carboxylic acids is 1. The SMILES string of the molecule is CCC(N)[C@H](O)C(F)(F)C(=O)O. The lowest BCUT2D eigenvalue weighted by molar-refractivity contribution is -0.184. The van der Waals surface area contributed by atoms with E-state index in [0.29, 0.717) is 0 Å². The van der Waals surface area contributed by atoms with E-state index in [-0.39, 0.29) is 6.42 Å². The van der Waals surface area contributed by atoms with Gasteiger partial charge >= 0.3 is 11.9 Å². The van der Waals surface area contributed by atoms with Gasteiger partial charge in [-0.1, -0.05) is 6.92 Å². The number of carbonyl (C=O) groups is 1. The van der Waals surface area contributed by atoms with Crippen molar-refractivity contribution in [3.63, 3.8) is 0 Å². The zero-order valence-electron chi connectivity index (χ0n) is 6.50. The molecule has 0 spiro atoms. The first-order valence-corrected chi connectivity index (χ1v) is 3.38. The van der Waals surface area contributed by atoms with Crippen LogP contribution in [0.4, 0.5) is 8.78 Å². The van der Waals surface area contributed by atoms with Gasteiger partial charge < -0.3 is 15.9 Å². The molecule has 0 aliphatic carbocycles. The molecule has 0 saturated carbocycles. The fourth-order valence-corrected chi connectivity index (χ4v) is 0.619. The fourth-order valence-electron chi connectivity index (χ4n) is 0.619. The number of hydrogen-bond donors (Lipinski definition) is 3. The number of hydrogen-bond acceptors (Lipinski definition) is 3. The van der Waals surface area contributed by atoms with Crippen LogP contribution in [0.15, 0.2) is 0 Å². The van der Waals surface area contributed by atoms with Gasteiger partial charge in [-0.3, -0.25) is 0 Å². The van der Waals surface area contributed by atoms with Gasteiger partial charge in [0.1, 0.15) is 6.10 Å². The largest absolute Gasteiger partial charge is 0.477 e. The molecule has 0 aliphatic rings. The van der Waals surface area contributed by atoms with Gasteiger partial charge in [-0.05, 0) is 6.42 Å². The minimum Gasteiger partial charge on any atom is -0.477 e. The Morgan fingerprint density at radius 2 is 2.08 bits per heavy atom. The monoisotopic (exact) mass is 183 g/mol. The van der Waals surface area contributed by atoms with Crippen LogP contribution in [0.5, 0.6) is 0 Å². The van der Waals surface area contributed by atoms with E-state index in [4.69, 9.17) is 15.9 Å². The zero-order valence-corrected chi connectivity index (χ0v) is 6.50. The second-order valence-electron chi connectivity index (χ2n) is 2.45. The normalized spacial score (nSPS) is 17.1. The molecule has 0 rings (SSSR count). The van der Waals surface area contributed by atoms with Crippen LogP contribution in [0.25, 0.3) is 0 Å². The van der Waals surface area contributed by atoms with Crippen LogP contribution in [-0.2, 0) is 4.79 Å². The van der Waals surface area contributed by atoms with E-state index in [0.717, 1.165) is 0 Å². The van der Waals surface area contributed by atoms with E-state index >= 15 is 0 Å². The Morgan fingerprint density at radius 1 is 1.67 bits per heavy atom. The average Bonchev–Trinajstić information content (AvgIpc) is 2.01. The first-order valence-electron chi connectivity index (χ1n) is 3.38. The summed E-state index contributed by atoms with van der Waals surface area (Å²) in [6.45, 7) is 1.48. The second kappa shape index (κ2) is 3.77. The summed E-state index contributed by atoms with van der Waals surface area (Å²) in [5.41, 5.74) is 5.05. The summed E-state index contributed by atoms with van der Waals surface area (Å²) in [4.78, 5) is 9.92. The van der Waals surface area contributed by atoms with Gasteiger partial charge in [0.2, 0.25) is 0 Å². The van der Waals surface area contributed by atoms with Crippen molar-refractivity contribution in [3.05, 3.63) is 0 Å². The molecule has 4 nitrogen and oxygen atoms in total. The minimum absolute atomic E-state index is 0.0873. The summed E-state index contributed by atoms with van der Waals surface area (Å²) in [6.07, 6.45) is -2.25. The van der Waals surface area contributed by atoms with E-state index in [1.54, 1.807) is 0 Å². The molecule has 0 radical (unpaired) electrons. The van der Waals surface area contributed by atoms with Gasteiger partial charge in [0.25, 0.3) is 0 Å². The maximum atomic E-state index is 12.4. The van der Waals surface area contributed by atoms with Crippen molar-refractivity contribution in [2.75, 3.05) is 0 Å². The van der Waals surface area contributed by atoms with Gasteiger partial charge in [-0.15, -0.1) is 0 Å². The molecule has 0 saturated heterocycles. The lowest BCUT2D eigenvalue weighted by atomic mass is 10.0. The Balaban J connectivity index is 4.44. The summed E-state index contributed by atoms with van der Waals surface area (Å²) >= 11 is 0. The van der Waals surface area contributed by atoms with Gasteiger partial charge in [0.15, 0.2) is 0 Å². The highest BCUT2D eigenvalue weighted by atomic mass is 19.3. The Bertz CT molecular complexity index is 174. The van der Waals surface area contributed by atoms with Crippen LogP contribution in [0.2, 0.25) is 0 Å². The fraction of sp³-hybridized carbons (Fsp3) is 0.833. The first kappa shape index (κ1) is 11.2. The molecule has 0 aromatic rings. The molecule has 0 bridgehead atoms. The van der Waals surface area contributed by atoms with Gasteiger partial charge in [-0.25, -0.2) is 4.79 Å². The van der Waals surface area contributed by atoms with Crippen LogP contribution < -0.4 is 5.73 Å². The third-order valence-electron chi connectivity index (χ3n) is 1.53. The van der Waals surface area contributed by atoms with Crippen molar-refractivity contribution in [1.29, 1.82) is 0 Å². The second-order valence-corrected chi connectivity index (χ2v) is 2.45. The topological polar surface area (TPSA) is 83.5 Å². The highest BCUT2D eigenvalue weighted by molar-refractivity contribution is 5.76. The van der Waals surface area contributed by atoms with Crippen LogP contribution in [0.1, 0.15) is 13.3 Å².